The van der Waals surface area contributed by atoms with Crippen LogP contribution < -0.4 is 0 Å². The van der Waals surface area contributed by atoms with Gasteiger partial charge < -0.3 is 0 Å². The molecule has 0 amide bonds. The van der Waals surface area contributed by atoms with E-state index in [0.29, 0.717) is 0 Å². The topological polar surface area (TPSA) is 17.1 Å². The van der Waals surface area contributed by atoms with Crippen LogP contribution in [0.5, 0.6) is 0 Å². The van der Waals surface area contributed by atoms with Crippen LogP contribution in [0.25, 0.3) is 0 Å². The largest absolute Gasteiger partial charge is 0.295 e. The SMILES string of the molecule is CC(=O)/C(C)=C(\C)Br. The zero-order valence-corrected chi connectivity index (χ0v) is 6.87. The van der Waals surface area contributed by atoms with Crippen molar-refractivity contribution < 1.29 is 4.79 Å². The van der Waals surface area contributed by atoms with Crippen molar-refractivity contribution in [3.63, 3.8) is 0 Å². The smallest absolute Gasteiger partial charge is 0.156 e. The van der Waals surface area contributed by atoms with E-state index in [1.807, 2.05) is 6.92 Å². The number of rotatable bonds is 1. The molecule has 0 aliphatic heterocycles. The van der Waals surface area contributed by atoms with Crippen molar-refractivity contribution in [1.29, 1.82) is 0 Å². The van der Waals surface area contributed by atoms with Crippen LogP contribution in [-0.2, 0) is 4.79 Å². The number of carbonyl (C=O) groups excluding carboxylic acids is 1. The zero-order chi connectivity index (χ0) is 6.73. The quantitative estimate of drug-likeness (QED) is 0.561. The first kappa shape index (κ1) is 7.89. The number of carbonyl (C=O) groups is 1. The molecule has 0 aliphatic rings. The maximum absolute atomic E-state index is 10.5. The molecule has 46 valence electrons. The Kier molecular flexibility index (Phi) is 2.98. The molecule has 0 heterocycles. The summed E-state index contributed by atoms with van der Waals surface area (Å²) in [5.41, 5.74) is 0.796. The van der Waals surface area contributed by atoms with Crippen LogP contribution in [0.15, 0.2) is 10.1 Å². The zero-order valence-electron chi connectivity index (χ0n) is 5.29. The van der Waals surface area contributed by atoms with Crippen LogP contribution in [0.2, 0.25) is 0 Å². The standard InChI is InChI=1S/C6H9BrO/c1-4(5(2)7)6(3)8/h1-3H3/b5-4+. The van der Waals surface area contributed by atoms with E-state index in [1.54, 1.807) is 13.8 Å². The summed E-state index contributed by atoms with van der Waals surface area (Å²) in [6, 6.07) is 0. The minimum absolute atomic E-state index is 0.124. The molecule has 0 spiro atoms. The van der Waals surface area contributed by atoms with Crippen LogP contribution in [0, 0.1) is 0 Å². The highest BCUT2D eigenvalue weighted by Crippen LogP contribution is 2.09. The molecule has 0 radical (unpaired) electrons. The molecule has 0 N–H and O–H groups in total. The summed E-state index contributed by atoms with van der Waals surface area (Å²) in [5.74, 6) is 0.124. The second kappa shape index (κ2) is 3.02. The molecule has 0 aromatic rings. The lowest BCUT2D eigenvalue weighted by atomic mass is 10.2. The third-order valence-electron chi connectivity index (χ3n) is 1.04. The van der Waals surface area contributed by atoms with E-state index in [9.17, 15) is 4.79 Å². The van der Waals surface area contributed by atoms with Crippen molar-refractivity contribution in [2.45, 2.75) is 20.8 Å². The molecule has 0 aromatic carbocycles. The molecule has 2 heteroatoms. The Morgan fingerprint density at radius 2 is 1.62 bits per heavy atom. The van der Waals surface area contributed by atoms with E-state index in [4.69, 9.17) is 0 Å². The number of halogens is 1. The Morgan fingerprint density at radius 1 is 1.25 bits per heavy atom. The summed E-state index contributed by atoms with van der Waals surface area (Å²) < 4.78 is 0.921. The van der Waals surface area contributed by atoms with Crippen molar-refractivity contribution in [2.24, 2.45) is 0 Å². The van der Waals surface area contributed by atoms with Crippen LogP contribution in [0.1, 0.15) is 20.8 Å². The van der Waals surface area contributed by atoms with Gasteiger partial charge >= 0.3 is 0 Å². The predicted molar refractivity (Wildman–Crippen MR) is 38.0 cm³/mol. The monoisotopic (exact) mass is 176 g/mol. The van der Waals surface area contributed by atoms with Crippen molar-refractivity contribution in [2.75, 3.05) is 0 Å². The molecule has 0 aromatic heterocycles. The molecule has 0 bridgehead atoms. The fraction of sp³-hybridized carbons (Fsp3) is 0.500. The molecule has 1 nitrogen and oxygen atoms in total. The molecule has 0 unspecified atom stereocenters. The summed E-state index contributed by atoms with van der Waals surface area (Å²) in [4.78, 5) is 10.5. The molecule has 0 rings (SSSR count). The van der Waals surface area contributed by atoms with Crippen molar-refractivity contribution >= 4 is 21.7 Å². The summed E-state index contributed by atoms with van der Waals surface area (Å²) in [5, 5.41) is 0. The third-order valence-corrected chi connectivity index (χ3v) is 1.64. The van der Waals surface area contributed by atoms with Gasteiger partial charge in [0.2, 0.25) is 0 Å². The highest BCUT2D eigenvalue weighted by atomic mass is 79.9. The van der Waals surface area contributed by atoms with Crippen LogP contribution in [-0.4, -0.2) is 5.78 Å². The second-order valence-electron chi connectivity index (χ2n) is 1.71. The van der Waals surface area contributed by atoms with Gasteiger partial charge in [-0.3, -0.25) is 4.79 Å². The molecule has 0 aliphatic carbocycles. The predicted octanol–water partition coefficient (Wildman–Crippen LogP) is 2.26. The van der Waals surface area contributed by atoms with E-state index in [0.717, 1.165) is 10.1 Å². The Balaban J connectivity index is 4.23. The molecular formula is C6H9BrO. The molecule has 0 saturated carbocycles. The molecule has 0 fully saturated rings. The Hall–Kier alpha value is -0.110. The Labute approximate surface area is 57.9 Å². The van der Waals surface area contributed by atoms with Crippen LogP contribution >= 0.6 is 15.9 Å². The van der Waals surface area contributed by atoms with Gasteiger partial charge in [0.25, 0.3) is 0 Å². The lowest BCUT2D eigenvalue weighted by Crippen LogP contribution is -1.91. The molecular weight excluding hydrogens is 168 g/mol. The lowest BCUT2D eigenvalue weighted by molar-refractivity contribution is -0.113. The van der Waals surface area contributed by atoms with Gasteiger partial charge in [0.15, 0.2) is 5.78 Å². The molecule has 8 heavy (non-hydrogen) atoms. The fourth-order valence-corrected chi connectivity index (χ4v) is 0.522. The van der Waals surface area contributed by atoms with Crippen molar-refractivity contribution in [3.05, 3.63) is 10.1 Å². The number of ketones is 1. The van der Waals surface area contributed by atoms with Gasteiger partial charge in [-0.25, -0.2) is 0 Å². The summed E-state index contributed by atoms with van der Waals surface area (Å²) >= 11 is 3.20. The van der Waals surface area contributed by atoms with Gasteiger partial charge in [-0.1, -0.05) is 15.9 Å². The number of allylic oxidation sites excluding steroid dienone is 2. The average Bonchev–Trinajstić information content (AvgIpc) is 1.64. The maximum Gasteiger partial charge on any atom is 0.156 e. The first-order chi connectivity index (χ1) is 3.55. The van der Waals surface area contributed by atoms with Crippen LogP contribution in [0.3, 0.4) is 0 Å². The highest BCUT2D eigenvalue weighted by molar-refractivity contribution is 9.11. The van der Waals surface area contributed by atoms with E-state index in [1.165, 1.54) is 0 Å². The van der Waals surface area contributed by atoms with Gasteiger partial charge in [-0.05, 0) is 25.3 Å². The van der Waals surface area contributed by atoms with E-state index < -0.39 is 0 Å². The van der Waals surface area contributed by atoms with Gasteiger partial charge in [0.05, 0.1) is 0 Å². The maximum atomic E-state index is 10.5. The number of hydrogen-bond acceptors (Lipinski definition) is 1. The van der Waals surface area contributed by atoms with Crippen LogP contribution in [0.4, 0.5) is 0 Å². The Morgan fingerprint density at radius 3 is 1.62 bits per heavy atom. The fourth-order valence-electron chi connectivity index (χ4n) is 0.243. The van der Waals surface area contributed by atoms with Gasteiger partial charge in [-0.15, -0.1) is 0 Å². The van der Waals surface area contributed by atoms with Crippen molar-refractivity contribution in [3.8, 4) is 0 Å². The van der Waals surface area contributed by atoms with Gasteiger partial charge in [0, 0.05) is 5.57 Å². The van der Waals surface area contributed by atoms with E-state index >= 15 is 0 Å². The third kappa shape index (κ3) is 2.26. The number of hydrogen-bond donors (Lipinski definition) is 0. The summed E-state index contributed by atoms with van der Waals surface area (Å²) in [7, 11) is 0. The highest BCUT2D eigenvalue weighted by Gasteiger charge is 1.96. The van der Waals surface area contributed by atoms with Gasteiger partial charge in [-0.2, -0.15) is 0 Å². The van der Waals surface area contributed by atoms with Crippen molar-refractivity contribution in [1.82, 2.24) is 0 Å². The molecule has 0 saturated heterocycles. The second-order valence-corrected chi connectivity index (χ2v) is 2.90. The van der Waals surface area contributed by atoms with E-state index in [2.05, 4.69) is 15.9 Å². The first-order valence-corrected chi connectivity index (χ1v) is 3.19. The van der Waals surface area contributed by atoms with E-state index in [-0.39, 0.29) is 5.78 Å². The average molecular weight is 177 g/mol. The normalized spacial score (nSPS) is 13.0. The lowest BCUT2D eigenvalue weighted by Gasteiger charge is -1.92. The minimum Gasteiger partial charge on any atom is -0.295 e. The first-order valence-electron chi connectivity index (χ1n) is 2.39. The summed E-state index contributed by atoms with van der Waals surface area (Å²) in [6.45, 7) is 5.21. The Bertz CT molecular complexity index is 131. The molecule has 0 atom stereocenters. The van der Waals surface area contributed by atoms with Gasteiger partial charge in [0.1, 0.15) is 0 Å². The summed E-state index contributed by atoms with van der Waals surface area (Å²) in [6.07, 6.45) is 0. The minimum atomic E-state index is 0.124. The number of Topliss-reactive ketones (excluding diaryl/α,β-unsaturated/α-hetero) is 1.